The molecule has 1 fully saturated rings. The molecule has 2 atom stereocenters. The summed E-state index contributed by atoms with van der Waals surface area (Å²) in [6.45, 7) is 2.42. The van der Waals surface area contributed by atoms with E-state index >= 15 is 0 Å². The third kappa shape index (κ3) is 3.59. The summed E-state index contributed by atoms with van der Waals surface area (Å²) in [6, 6.07) is 1.73. The van der Waals surface area contributed by atoms with Crippen molar-refractivity contribution in [2.75, 3.05) is 19.0 Å². The van der Waals surface area contributed by atoms with Crippen LogP contribution in [0.5, 0.6) is 5.88 Å². The molecule has 0 aliphatic heterocycles. The molecule has 6 nitrogen and oxygen atoms in total. The fraction of sp³-hybridized carbons (Fsp3) is 0.643. The number of anilines is 1. The SMILES string of the molecule is COc1cc(NCC2CCCCC2C(=O)O)nc(C)n1. The van der Waals surface area contributed by atoms with Gasteiger partial charge in [-0.2, -0.15) is 4.98 Å². The molecular formula is C14H21N3O3. The number of hydrogen-bond donors (Lipinski definition) is 2. The number of carbonyl (C=O) groups is 1. The maximum Gasteiger partial charge on any atom is 0.306 e. The Morgan fingerprint density at radius 2 is 2.20 bits per heavy atom. The van der Waals surface area contributed by atoms with Crippen LogP contribution in [0.2, 0.25) is 0 Å². The average Bonchev–Trinajstić information content (AvgIpc) is 2.44. The molecule has 0 amide bonds. The number of hydrogen-bond acceptors (Lipinski definition) is 5. The zero-order chi connectivity index (χ0) is 14.5. The van der Waals surface area contributed by atoms with Gasteiger partial charge in [0.25, 0.3) is 0 Å². The van der Waals surface area contributed by atoms with Gasteiger partial charge in [0.15, 0.2) is 0 Å². The normalized spacial score (nSPS) is 22.3. The quantitative estimate of drug-likeness (QED) is 0.858. The van der Waals surface area contributed by atoms with Gasteiger partial charge in [0.05, 0.1) is 13.0 Å². The van der Waals surface area contributed by atoms with E-state index in [4.69, 9.17) is 4.74 Å². The molecule has 1 aliphatic carbocycles. The summed E-state index contributed by atoms with van der Waals surface area (Å²) in [6.07, 6.45) is 3.83. The summed E-state index contributed by atoms with van der Waals surface area (Å²) in [5.74, 6) is 1.05. The Morgan fingerprint density at radius 1 is 1.45 bits per heavy atom. The Labute approximate surface area is 118 Å². The average molecular weight is 279 g/mol. The Hall–Kier alpha value is -1.85. The van der Waals surface area contributed by atoms with E-state index in [-0.39, 0.29) is 11.8 Å². The highest BCUT2D eigenvalue weighted by Gasteiger charge is 2.30. The van der Waals surface area contributed by atoms with Crippen LogP contribution in [0.3, 0.4) is 0 Å². The highest BCUT2D eigenvalue weighted by molar-refractivity contribution is 5.70. The second kappa shape index (κ2) is 6.54. The molecule has 2 N–H and O–H groups in total. The van der Waals surface area contributed by atoms with Crippen molar-refractivity contribution in [1.82, 2.24) is 9.97 Å². The zero-order valence-electron chi connectivity index (χ0n) is 11.9. The van der Waals surface area contributed by atoms with Crippen LogP contribution < -0.4 is 10.1 Å². The van der Waals surface area contributed by atoms with E-state index in [1.165, 1.54) is 0 Å². The van der Waals surface area contributed by atoms with E-state index in [0.29, 0.717) is 24.1 Å². The van der Waals surface area contributed by atoms with Gasteiger partial charge in [-0.25, -0.2) is 4.98 Å². The van der Waals surface area contributed by atoms with Gasteiger partial charge in [-0.05, 0) is 25.7 Å². The number of methoxy groups -OCH3 is 1. The number of nitrogens with zero attached hydrogens (tertiary/aromatic N) is 2. The van der Waals surface area contributed by atoms with Gasteiger partial charge in [-0.15, -0.1) is 0 Å². The van der Waals surface area contributed by atoms with Gasteiger partial charge >= 0.3 is 5.97 Å². The van der Waals surface area contributed by atoms with Gasteiger partial charge in [0.2, 0.25) is 5.88 Å². The van der Waals surface area contributed by atoms with E-state index in [9.17, 15) is 9.90 Å². The third-order valence-electron chi connectivity index (χ3n) is 3.80. The summed E-state index contributed by atoms with van der Waals surface area (Å²) in [7, 11) is 1.56. The Kier molecular flexibility index (Phi) is 4.76. The molecule has 2 rings (SSSR count). The molecule has 0 bridgehead atoms. The lowest BCUT2D eigenvalue weighted by molar-refractivity contribution is -0.144. The predicted octanol–water partition coefficient (Wildman–Crippen LogP) is 2.10. The first kappa shape index (κ1) is 14.6. The molecular weight excluding hydrogens is 258 g/mol. The van der Waals surface area contributed by atoms with Crippen LogP contribution >= 0.6 is 0 Å². The highest BCUT2D eigenvalue weighted by atomic mass is 16.5. The third-order valence-corrected chi connectivity index (χ3v) is 3.80. The van der Waals surface area contributed by atoms with Crippen molar-refractivity contribution in [3.63, 3.8) is 0 Å². The fourth-order valence-corrected chi connectivity index (χ4v) is 2.75. The molecule has 6 heteroatoms. The second-order valence-electron chi connectivity index (χ2n) is 5.21. The van der Waals surface area contributed by atoms with Crippen molar-refractivity contribution >= 4 is 11.8 Å². The zero-order valence-corrected chi connectivity index (χ0v) is 11.9. The number of aromatic nitrogens is 2. The number of rotatable bonds is 5. The monoisotopic (exact) mass is 279 g/mol. The summed E-state index contributed by atoms with van der Waals surface area (Å²) in [5, 5.41) is 12.5. The fourth-order valence-electron chi connectivity index (χ4n) is 2.75. The van der Waals surface area contributed by atoms with E-state index < -0.39 is 5.97 Å². The van der Waals surface area contributed by atoms with Crippen LogP contribution in [0.15, 0.2) is 6.07 Å². The van der Waals surface area contributed by atoms with E-state index in [1.807, 2.05) is 0 Å². The lowest BCUT2D eigenvalue weighted by atomic mass is 9.79. The largest absolute Gasteiger partial charge is 0.481 e. The molecule has 1 heterocycles. The van der Waals surface area contributed by atoms with Crippen molar-refractivity contribution in [2.45, 2.75) is 32.6 Å². The highest BCUT2D eigenvalue weighted by Crippen LogP contribution is 2.30. The molecule has 0 radical (unpaired) electrons. The van der Waals surface area contributed by atoms with Crippen LogP contribution in [0, 0.1) is 18.8 Å². The summed E-state index contributed by atoms with van der Waals surface area (Å²) in [4.78, 5) is 19.7. The number of carboxylic acid groups (broad SMARTS) is 1. The topological polar surface area (TPSA) is 84.3 Å². The van der Waals surface area contributed by atoms with Gasteiger partial charge in [-0.1, -0.05) is 12.8 Å². The van der Waals surface area contributed by atoms with Crippen molar-refractivity contribution in [3.8, 4) is 5.88 Å². The molecule has 0 saturated heterocycles. The van der Waals surface area contributed by atoms with Crippen molar-refractivity contribution < 1.29 is 14.6 Å². The van der Waals surface area contributed by atoms with Gasteiger partial charge in [0.1, 0.15) is 11.6 Å². The van der Waals surface area contributed by atoms with Crippen LogP contribution in [0.4, 0.5) is 5.82 Å². The maximum absolute atomic E-state index is 11.3. The van der Waals surface area contributed by atoms with Crippen LogP contribution in [0.25, 0.3) is 0 Å². The molecule has 1 aromatic heterocycles. The second-order valence-corrected chi connectivity index (χ2v) is 5.21. The summed E-state index contributed by atoms with van der Waals surface area (Å²) in [5.41, 5.74) is 0. The first-order valence-electron chi connectivity index (χ1n) is 6.96. The van der Waals surface area contributed by atoms with E-state index in [2.05, 4.69) is 15.3 Å². The van der Waals surface area contributed by atoms with Crippen molar-refractivity contribution in [1.29, 1.82) is 0 Å². The van der Waals surface area contributed by atoms with E-state index in [1.54, 1.807) is 20.1 Å². The number of nitrogens with one attached hydrogen (secondary N) is 1. The molecule has 1 aromatic rings. The molecule has 20 heavy (non-hydrogen) atoms. The molecule has 1 saturated carbocycles. The molecule has 0 spiro atoms. The minimum Gasteiger partial charge on any atom is -0.481 e. The Bertz CT molecular complexity index is 479. The van der Waals surface area contributed by atoms with Gasteiger partial charge in [0, 0.05) is 12.6 Å². The van der Waals surface area contributed by atoms with Gasteiger partial charge < -0.3 is 15.2 Å². The Balaban J connectivity index is 2.00. The standard InChI is InChI=1S/C14H21N3O3/c1-9-16-12(7-13(17-9)20-2)15-8-10-5-3-4-6-11(10)14(18)19/h7,10-11H,3-6,8H2,1-2H3,(H,18,19)(H,15,16,17). The lowest BCUT2D eigenvalue weighted by Gasteiger charge is -2.28. The molecule has 0 aromatic carbocycles. The number of aryl methyl sites for hydroxylation is 1. The van der Waals surface area contributed by atoms with Gasteiger partial charge in [-0.3, -0.25) is 4.79 Å². The molecule has 2 unspecified atom stereocenters. The smallest absolute Gasteiger partial charge is 0.306 e. The van der Waals surface area contributed by atoms with E-state index in [0.717, 1.165) is 25.7 Å². The van der Waals surface area contributed by atoms with Crippen molar-refractivity contribution in [2.24, 2.45) is 11.8 Å². The number of carboxylic acids is 1. The Morgan fingerprint density at radius 3 is 2.90 bits per heavy atom. The first-order valence-corrected chi connectivity index (χ1v) is 6.96. The maximum atomic E-state index is 11.3. The summed E-state index contributed by atoms with van der Waals surface area (Å²) >= 11 is 0. The predicted molar refractivity (Wildman–Crippen MR) is 74.9 cm³/mol. The molecule has 110 valence electrons. The van der Waals surface area contributed by atoms with Crippen LogP contribution in [0.1, 0.15) is 31.5 Å². The summed E-state index contributed by atoms with van der Waals surface area (Å²) < 4.78 is 5.10. The van der Waals surface area contributed by atoms with Crippen molar-refractivity contribution in [3.05, 3.63) is 11.9 Å². The lowest BCUT2D eigenvalue weighted by Crippen LogP contribution is -2.31. The number of ether oxygens (including phenoxy) is 1. The van der Waals surface area contributed by atoms with Crippen LogP contribution in [-0.4, -0.2) is 34.7 Å². The van der Waals surface area contributed by atoms with Crippen LogP contribution in [-0.2, 0) is 4.79 Å². The minimum absolute atomic E-state index is 0.155. The minimum atomic E-state index is -0.687. The first-order chi connectivity index (χ1) is 9.60. The number of aliphatic carboxylic acids is 1. The molecule has 1 aliphatic rings.